The van der Waals surface area contributed by atoms with E-state index in [9.17, 15) is 0 Å². The van der Waals surface area contributed by atoms with Crippen LogP contribution in [0.15, 0.2) is 37.1 Å². The Balaban J connectivity index is 1.53. The van der Waals surface area contributed by atoms with Gasteiger partial charge in [-0.25, -0.2) is 4.98 Å². The van der Waals surface area contributed by atoms with E-state index in [0.29, 0.717) is 6.04 Å². The number of hydrogen-bond donors (Lipinski definition) is 0. The largest absolute Gasteiger partial charge is 0.328 e. The zero-order valence-corrected chi connectivity index (χ0v) is 13.5. The summed E-state index contributed by atoms with van der Waals surface area (Å²) in [6.45, 7) is 5.90. The van der Waals surface area contributed by atoms with Crippen LogP contribution in [0.2, 0.25) is 0 Å². The normalized spacial score (nSPS) is 18.3. The van der Waals surface area contributed by atoms with Crippen LogP contribution in [0.25, 0.3) is 0 Å². The average molecular weight is 311 g/mol. The minimum atomic E-state index is 0.301. The van der Waals surface area contributed by atoms with Crippen molar-refractivity contribution in [3.05, 3.63) is 54.1 Å². The van der Waals surface area contributed by atoms with E-state index in [1.807, 2.05) is 47.3 Å². The lowest BCUT2D eigenvalue weighted by Crippen LogP contribution is -2.37. The van der Waals surface area contributed by atoms with Crippen LogP contribution in [0.4, 0.5) is 0 Å². The quantitative estimate of drug-likeness (QED) is 0.731. The van der Waals surface area contributed by atoms with Crippen molar-refractivity contribution >= 4 is 0 Å². The molecule has 1 unspecified atom stereocenters. The van der Waals surface area contributed by atoms with Crippen LogP contribution in [0.5, 0.6) is 0 Å². The molecule has 4 heterocycles. The van der Waals surface area contributed by atoms with Crippen LogP contribution >= 0.6 is 0 Å². The second-order valence-corrected chi connectivity index (χ2v) is 6.13. The number of hydrogen-bond acceptors (Lipinski definition) is 4. The summed E-state index contributed by atoms with van der Waals surface area (Å²) in [5.41, 5.74) is 2.47. The van der Waals surface area contributed by atoms with Crippen LogP contribution in [0.3, 0.4) is 0 Å². The van der Waals surface area contributed by atoms with Gasteiger partial charge in [0.25, 0.3) is 0 Å². The molecule has 7 heteroatoms. The SMILES string of the molecule is CC1c2ncc(Cn3cccn3)n2CCN1Cc1cnn(C)c1. The van der Waals surface area contributed by atoms with Crippen molar-refractivity contribution in [1.29, 1.82) is 0 Å². The lowest BCUT2D eigenvalue weighted by molar-refractivity contribution is 0.155. The highest BCUT2D eigenvalue weighted by Crippen LogP contribution is 2.27. The first-order chi connectivity index (χ1) is 11.2. The summed E-state index contributed by atoms with van der Waals surface area (Å²) in [6, 6.07) is 2.25. The minimum absolute atomic E-state index is 0.301. The van der Waals surface area contributed by atoms with Gasteiger partial charge >= 0.3 is 0 Å². The van der Waals surface area contributed by atoms with E-state index in [0.717, 1.165) is 32.0 Å². The zero-order valence-electron chi connectivity index (χ0n) is 13.5. The molecule has 0 aromatic carbocycles. The molecule has 0 saturated heterocycles. The van der Waals surface area contributed by atoms with Crippen molar-refractivity contribution in [3.63, 3.8) is 0 Å². The molecule has 23 heavy (non-hydrogen) atoms. The van der Waals surface area contributed by atoms with Gasteiger partial charge in [0, 0.05) is 50.8 Å². The van der Waals surface area contributed by atoms with Gasteiger partial charge < -0.3 is 4.57 Å². The summed E-state index contributed by atoms with van der Waals surface area (Å²) < 4.78 is 6.14. The average Bonchev–Trinajstić information content (AvgIpc) is 3.25. The molecule has 0 N–H and O–H groups in total. The monoisotopic (exact) mass is 311 g/mol. The third-order valence-corrected chi connectivity index (χ3v) is 4.53. The number of rotatable bonds is 4. The number of nitrogens with zero attached hydrogens (tertiary/aromatic N) is 7. The Morgan fingerprint density at radius 2 is 2.09 bits per heavy atom. The fourth-order valence-electron chi connectivity index (χ4n) is 3.29. The van der Waals surface area contributed by atoms with E-state index in [1.54, 1.807) is 0 Å². The molecule has 1 aliphatic rings. The fourth-order valence-corrected chi connectivity index (χ4v) is 3.29. The van der Waals surface area contributed by atoms with Crippen molar-refractivity contribution in [3.8, 4) is 0 Å². The van der Waals surface area contributed by atoms with Gasteiger partial charge in [-0.05, 0) is 13.0 Å². The van der Waals surface area contributed by atoms with Gasteiger partial charge in [0.15, 0.2) is 0 Å². The predicted octanol–water partition coefficient (Wildman–Crippen LogP) is 1.44. The third-order valence-electron chi connectivity index (χ3n) is 4.53. The van der Waals surface area contributed by atoms with E-state index < -0.39 is 0 Å². The van der Waals surface area contributed by atoms with Crippen molar-refractivity contribution in [2.24, 2.45) is 7.05 Å². The van der Waals surface area contributed by atoms with Gasteiger partial charge in [-0.2, -0.15) is 10.2 Å². The van der Waals surface area contributed by atoms with E-state index >= 15 is 0 Å². The number of aryl methyl sites for hydroxylation is 1. The zero-order chi connectivity index (χ0) is 15.8. The van der Waals surface area contributed by atoms with Crippen molar-refractivity contribution < 1.29 is 0 Å². The Hall–Kier alpha value is -2.41. The van der Waals surface area contributed by atoms with Crippen LogP contribution in [0.1, 0.15) is 30.0 Å². The molecular formula is C16H21N7. The lowest BCUT2D eigenvalue weighted by atomic mass is 10.2. The molecule has 0 radical (unpaired) electrons. The molecule has 0 spiro atoms. The maximum atomic E-state index is 4.67. The van der Waals surface area contributed by atoms with Crippen molar-refractivity contribution in [2.45, 2.75) is 32.6 Å². The summed E-state index contributed by atoms with van der Waals surface area (Å²) in [4.78, 5) is 7.13. The molecule has 0 saturated carbocycles. The lowest BCUT2D eigenvalue weighted by Gasteiger charge is -2.34. The molecule has 1 atom stereocenters. The first-order valence-electron chi connectivity index (χ1n) is 7.94. The van der Waals surface area contributed by atoms with Gasteiger partial charge in [0.05, 0.1) is 30.7 Å². The van der Waals surface area contributed by atoms with Gasteiger partial charge in [0.1, 0.15) is 5.82 Å². The Labute approximate surface area is 135 Å². The standard InChI is InChI=1S/C16H21N7/c1-13-16-17-9-15(12-22-5-3-4-18-22)23(16)7-6-21(13)11-14-8-19-20(2)10-14/h3-5,8-10,13H,6-7,11-12H2,1-2H3. The smallest absolute Gasteiger partial charge is 0.126 e. The number of imidazole rings is 1. The second kappa shape index (κ2) is 5.66. The van der Waals surface area contributed by atoms with Gasteiger partial charge in [-0.15, -0.1) is 0 Å². The summed E-state index contributed by atoms with van der Waals surface area (Å²) in [6.07, 6.45) is 9.81. The summed E-state index contributed by atoms with van der Waals surface area (Å²) in [5.74, 6) is 1.14. The van der Waals surface area contributed by atoms with Crippen molar-refractivity contribution in [1.82, 2.24) is 34.0 Å². The third kappa shape index (κ3) is 2.68. The molecule has 3 aromatic rings. The van der Waals surface area contributed by atoms with Crippen LogP contribution in [0, 0.1) is 0 Å². The molecule has 120 valence electrons. The highest BCUT2D eigenvalue weighted by atomic mass is 15.3. The van der Waals surface area contributed by atoms with Gasteiger partial charge in [-0.1, -0.05) is 0 Å². The Bertz CT molecular complexity index is 783. The van der Waals surface area contributed by atoms with E-state index in [2.05, 4.69) is 37.8 Å². The predicted molar refractivity (Wildman–Crippen MR) is 85.6 cm³/mol. The first kappa shape index (κ1) is 14.2. The maximum Gasteiger partial charge on any atom is 0.126 e. The van der Waals surface area contributed by atoms with Crippen LogP contribution in [-0.4, -0.2) is 40.6 Å². The highest BCUT2D eigenvalue weighted by molar-refractivity contribution is 5.13. The summed E-state index contributed by atoms with van der Waals surface area (Å²) in [5, 5.41) is 8.54. The van der Waals surface area contributed by atoms with Crippen molar-refractivity contribution in [2.75, 3.05) is 6.54 Å². The molecule has 1 aliphatic heterocycles. The molecule has 4 rings (SSSR count). The summed E-state index contributed by atoms with van der Waals surface area (Å²) >= 11 is 0. The van der Waals surface area contributed by atoms with E-state index in [-0.39, 0.29) is 0 Å². The van der Waals surface area contributed by atoms with Gasteiger partial charge in [-0.3, -0.25) is 14.3 Å². The molecular weight excluding hydrogens is 290 g/mol. The van der Waals surface area contributed by atoms with E-state index in [1.165, 1.54) is 11.3 Å². The van der Waals surface area contributed by atoms with E-state index in [4.69, 9.17) is 0 Å². The topological polar surface area (TPSA) is 56.7 Å². The molecule has 0 aliphatic carbocycles. The Kier molecular flexibility index (Phi) is 3.49. The number of aromatic nitrogens is 6. The van der Waals surface area contributed by atoms with Gasteiger partial charge in [0.2, 0.25) is 0 Å². The van der Waals surface area contributed by atoms with Crippen LogP contribution in [-0.2, 0) is 26.7 Å². The first-order valence-corrected chi connectivity index (χ1v) is 7.94. The molecule has 0 fully saturated rings. The number of fused-ring (bicyclic) bond motifs is 1. The maximum absolute atomic E-state index is 4.67. The summed E-state index contributed by atoms with van der Waals surface area (Å²) in [7, 11) is 1.96. The molecule has 0 amide bonds. The minimum Gasteiger partial charge on any atom is -0.328 e. The molecule has 3 aromatic heterocycles. The Morgan fingerprint density at radius 1 is 1.17 bits per heavy atom. The van der Waals surface area contributed by atoms with Crippen LogP contribution < -0.4 is 0 Å². The second-order valence-electron chi connectivity index (χ2n) is 6.13. The highest BCUT2D eigenvalue weighted by Gasteiger charge is 2.27. The molecule has 7 nitrogen and oxygen atoms in total. The Morgan fingerprint density at radius 3 is 2.83 bits per heavy atom. The fraction of sp³-hybridized carbons (Fsp3) is 0.438. The molecule has 0 bridgehead atoms.